The Morgan fingerprint density at radius 2 is 0.673 bits per heavy atom. The van der Waals surface area contributed by atoms with Crippen LogP contribution in [0, 0.1) is 0 Å². The number of benzene rings is 8. The predicted molar refractivity (Wildman–Crippen MR) is 223 cm³/mol. The minimum Gasteiger partial charge on any atom is -0.310 e. The van der Waals surface area contributed by atoms with Gasteiger partial charge in [-0.3, -0.25) is 0 Å². The molecule has 3 heterocycles. The van der Waals surface area contributed by atoms with Gasteiger partial charge in [-0.2, -0.15) is 0 Å². The molecule has 0 aliphatic rings. The minimum absolute atomic E-state index is 1.10. The topological polar surface area (TPSA) is 13.1 Å². The zero-order valence-corrected chi connectivity index (χ0v) is 29.0. The smallest absolute Gasteiger partial charge is 0.0541 e. The summed E-state index contributed by atoms with van der Waals surface area (Å²) in [7, 11) is 0. The number of fused-ring (bicyclic) bond motifs is 9. The second-order valence-corrected chi connectivity index (χ2v) is 14.5. The van der Waals surface area contributed by atoms with Gasteiger partial charge in [-0.05, 0) is 97.1 Å². The maximum Gasteiger partial charge on any atom is 0.0541 e. The lowest BCUT2D eigenvalue weighted by Crippen LogP contribution is -2.10. The molecular weight excluding hydrogens is 651 g/mol. The SMILES string of the molecule is c1ccc2c(c1)sc1ccc(N(c3ccc(-n4c5ccccc5c5ccccc54)cc3)c3ccc(-n4c5ccccc5c5ccccc54)cc3)cc12. The van der Waals surface area contributed by atoms with Crippen molar-refractivity contribution in [2.24, 2.45) is 0 Å². The number of anilines is 3. The van der Waals surface area contributed by atoms with Crippen molar-refractivity contribution in [2.75, 3.05) is 4.90 Å². The summed E-state index contributed by atoms with van der Waals surface area (Å²) >= 11 is 1.85. The van der Waals surface area contributed by atoms with Crippen LogP contribution in [0.2, 0.25) is 0 Å². The summed E-state index contributed by atoms with van der Waals surface area (Å²) in [4.78, 5) is 2.39. The molecular formula is C48H31N3S. The molecule has 11 aromatic rings. The maximum absolute atomic E-state index is 2.39. The normalized spacial score (nSPS) is 11.8. The molecule has 3 aromatic heterocycles. The Labute approximate surface area is 304 Å². The second kappa shape index (κ2) is 11.5. The van der Waals surface area contributed by atoms with E-state index < -0.39 is 0 Å². The van der Waals surface area contributed by atoms with Crippen LogP contribution in [0.1, 0.15) is 0 Å². The molecule has 0 atom stereocenters. The van der Waals surface area contributed by atoms with Gasteiger partial charge in [0.05, 0.1) is 22.1 Å². The molecule has 4 heteroatoms. The van der Waals surface area contributed by atoms with E-state index in [0.717, 1.165) is 28.4 Å². The summed E-state index contributed by atoms with van der Waals surface area (Å²) < 4.78 is 7.37. The van der Waals surface area contributed by atoms with Gasteiger partial charge in [0.25, 0.3) is 0 Å². The molecule has 0 saturated heterocycles. The molecule has 0 saturated carbocycles. The molecule has 0 radical (unpaired) electrons. The molecule has 244 valence electrons. The van der Waals surface area contributed by atoms with Crippen LogP contribution in [0.5, 0.6) is 0 Å². The van der Waals surface area contributed by atoms with Crippen molar-refractivity contribution in [3.8, 4) is 11.4 Å². The highest BCUT2D eigenvalue weighted by atomic mass is 32.1. The molecule has 0 N–H and O–H groups in total. The molecule has 0 aliphatic carbocycles. The van der Waals surface area contributed by atoms with Gasteiger partial charge in [-0.15, -0.1) is 11.3 Å². The van der Waals surface area contributed by atoms with Crippen LogP contribution in [0.4, 0.5) is 17.1 Å². The highest BCUT2D eigenvalue weighted by Crippen LogP contribution is 2.42. The third kappa shape index (κ3) is 4.38. The van der Waals surface area contributed by atoms with Crippen molar-refractivity contribution in [2.45, 2.75) is 0 Å². The standard InChI is InChI=1S/C48H31N3S/c1-6-16-43-37(11-1)38-12-2-7-17-44(38)50(43)34-25-21-32(22-26-34)49(36-29-30-48-42(31-36)41-15-5-10-20-47(41)52-48)33-23-27-35(28-24-33)51-45-18-8-3-13-39(45)40-14-4-9-19-46(40)51/h1-31H. The molecule has 0 unspecified atom stereocenters. The minimum atomic E-state index is 1.10. The van der Waals surface area contributed by atoms with E-state index in [1.807, 2.05) is 11.3 Å². The van der Waals surface area contributed by atoms with E-state index in [4.69, 9.17) is 0 Å². The van der Waals surface area contributed by atoms with Gasteiger partial charge < -0.3 is 14.0 Å². The van der Waals surface area contributed by atoms with Gasteiger partial charge >= 0.3 is 0 Å². The van der Waals surface area contributed by atoms with Crippen LogP contribution >= 0.6 is 11.3 Å². The largest absolute Gasteiger partial charge is 0.310 e. The van der Waals surface area contributed by atoms with E-state index >= 15 is 0 Å². The Morgan fingerprint density at radius 3 is 1.13 bits per heavy atom. The molecule has 0 spiro atoms. The van der Waals surface area contributed by atoms with E-state index in [0.29, 0.717) is 0 Å². The van der Waals surface area contributed by atoms with E-state index in [9.17, 15) is 0 Å². The first-order valence-corrected chi connectivity index (χ1v) is 18.5. The first-order chi connectivity index (χ1) is 25.8. The molecule has 0 fully saturated rings. The van der Waals surface area contributed by atoms with Crippen LogP contribution in [0.3, 0.4) is 0 Å². The Balaban J connectivity index is 1.07. The average Bonchev–Trinajstić information content (AvgIpc) is 3.86. The fraction of sp³-hybridized carbons (Fsp3) is 0. The maximum atomic E-state index is 2.39. The average molecular weight is 682 g/mol. The van der Waals surface area contributed by atoms with Crippen molar-refractivity contribution in [3.63, 3.8) is 0 Å². The van der Waals surface area contributed by atoms with Crippen molar-refractivity contribution in [3.05, 3.63) is 188 Å². The number of aromatic nitrogens is 2. The first kappa shape index (κ1) is 29.1. The van der Waals surface area contributed by atoms with Crippen LogP contribution in [0.25, 0.3) is 75.2 Å². The van der Waals surface area contributed by atoms with E-state index in [2.05, 4.69) is 202 Å². The molecule has 0 bridgehead atoms. The Bertz CT molecular complexity index is 2860. The van der Waals surface area contributed by atoms with Gasteiger partial charge in [0, 0.05) is 70.2 Å². The lowest BCUT2D eigenvalue weighted by Gasteiger charge is -2.26. The number of hydrogen-bond acceptors (Lipinski definition) is 2. The van der Waals surface area contributed by atoms with Crippen LogP contribution in [-0.4, -0.2) is 9.13 Å². The number of hydrogen-bond donors (Lipinski definition) is 0. The van der Waals surface area contributed by atoms with E-state index in [-0.39, 0.29) is 0 Å². The van der Waals surface area contributed by atoms with Crippen LogP contribution in [0.15, 0.2) is 188 Å². The van der Waals surface area contributed by atoms with Gasteiger partial charge in [0.1, 0.15) is 0 Å². The summed E-state index contributed by atoms with van der Waals surface area (Å²) in [5, 5.41) is 7.65. The quantitative estimate of drug-likeness (QED) is 0.176. The lowest BCUT2D eigenvalue weighted by atomic mass is 10.1. The van der Waals surface area contributed by atoms with Crippen molar-refractivity contribution in [1.29, 1.82) is 0 Å². The Morgan fingerprint density at radius 1 is 0.308 bits per heavy atom. The number of thiophene rings is 1. The number of rotatable bonds is 5. The van der Waals surface area contributed by atoms with Crippen LogP contribution in [-0.2, 0) is 0 Å². The molecule has 8 aromatic carbocycles. The van der Waals surface area contributed by atoms with Crippen molar-refractivity contribution in [1.82, 2.24) is 9.13 Å². The summed E-state index contributed by atoms with van der Waals surface area (Å²) in [6.45, 7) is 0. The zero-order valence-electron chi connectivity index (χ0n) is 28.1. The highest BCUT2D eigenvalue weighted by molar-refractivity contribution is 7.25. The van der Waals surface area contributed by atoms with E-state index in [1.54, 1.807) is 0 Å². The fourth-order valence-corrected chi connectivity index (χ4v) is 9.29. The lowest BCUT2D eigenvalue weighted by molar-refractivity contribution is 1.17. The second-order valence-electron chi connectivity index (χ2n) is 13.4. The number of para-hydroxylation sites is 4. The Kier molecular flexibility index (Phi) is 6.42. The monoisotopic (exact) mass is 681 g/mol. The van der Waals surface area contributed by atoms with Gasteiger partial charge in [-0.1, -0.05) is 91.0 Å². The van der Waals surface area contributed by atoms with Gasteiger partial charge in [0.2, 0.25) is 0 Å². The van der Waals surface area contributed by atoms with E-state index in [1.165, 1.54) is 63.8 Å². The predicted octanol–water partition coefficient (Wildman–Crippen LogP) is 13.7. The molecule has 3 nitrogen and oxygen atoms in total. The molecule has 11 rings (SSSR count). The summed E-state index contributed by atoms with van der Waals surface area (Å²) in [6, 6.07) is 68.4. The summed E-state index contributed by atoms with van der Waals surface area (Å²) in [5.41, 5.74) is 10.5. The Hall–Kier alpha value is -6.62. The third-order valence-corrected chi connectivity index (χ3v) is 11.7. The van der Waals surface area contributed by atoms with Crippen LogP contribution < -0.4 is 4.90 Å². The van der Waals surface area contributed by atoms with Gasteiger partial charge in [0.15, 0.2) is 0 Å². The zero-order chi connectivity index (χ0) is 34.2. The van der Waals surface area contributed by atoms with Crippen molar-refractivity contribution >= 4 is 92.2 Å². The summed E-state index contributed by atoms with van der Waals surface area (Å²) in [6.07, 6.45) is 0. The third-order valence-electron chi connectivity index (χ3n) is 10.5. The molecule has 52 heavy (non-hydrogen) atoms. The summed E-state index contributed by atoms with van der Waals surface area (Å²) in [5.74, 6) is 0. The first-order valence-electron chi connectivity index (χ1n) is 17.7. The van der Waals surface area contributed by atoms with Crippen molar-refractivity contribution < 1.29 is 0 Å². The number of nitrogens with zero attached hydrogens (tertiary/aromatic N) is 3. The molecule has 0 amide bonds. The molecule has 0 aliphatic heterocycles. The van der Waals surface area contributed by atoms with Gasteiger partial charge in [-0.25, -0.2) is 0 Å². The highest BCUT2D eigenvalue weighted by Gasteiger charge is 2.18. The fourth-order valence-electron chi connectivity index (χ4n) is 8.20.